The number of fused-ring (bicyclic) bond motifs is 1. The number of hydrogen-bond donors (Lipinski definition) is 2. The highest BCUT2D eigenvalue weighted by Gasteiger charge is 2.29. The van der Waals surface area contributed by atoms with E-state index in [-0.39, 0.29) is 24.1 Å². The van der Waals surface area contributed by atoms with Gasteiger partial charge in [-0.2, -0.15) is 0 Å². The van der Waals surface area contributed by atoms with E-state index in [1.165, 1.54) is 0 Å². The van der Waals surface area contributed by atoms with Gasteiger partial charge in [0.2, 0.25) is 5.95 Å². The number of carbonyl (C=O) groups is 2. The van der Waals surface area contributed by atoms with Crippen molar-refractivity contribution >= 4 is 46.8 Å². The molecule has 3 aromatic rings. The van der Waals surface area contributed by atoms with Crippen LogP contribution in [0.4, 0.5) is 16.4 Å². The normalized spacial score (nSPS) is 16.4. The summed E-state index contributed by atoms with van der Waals surface area (Å²) in [6, 6.07) is 12.5. The van der Waals surface area contributed by atoms with Gasteiger partial charge in [-0.05, 0) is 95.5 Å². The molecule has 0 saturated carbocycles. The summed E-state index contributed by atoms with van der Waals surface area (Å²) in [6.07, 6.45) is 6.62. The monoisotopic (exact) mass is 718 g/mol. The van der Waals surface area contributed by atoms with E-state index in [2.05, 4.69) is 22.1 Å². The number of anilines is 2. The Balaban J connectivity index is 1.41. The number of alkyl carbamates (subject to hydrolysis) is 1. The van der Waals surface area contributed by atoms with Crippen molar-refractivity contribution in [1.82, 2.24) is 19.8 Å². The fraction of sp³-hybridized carbons (Fsp3) is 0.368. The highest BCUT2D eigenvalue weighted by Crippen LogP contribution is 2.27. The van der Waals surface area contributed by atoms with Gasteiger partial charge in [-0.3, -0.25) is 9.59 Å². The second-order valence-electron chi connectivity index (χ2n) is 13.6. The van der Waals surface area contributed by atoms with Crippen LogP contribution in [-0.4, -0.2) is 64.3 Å². The third-order valence-electron chi connectivity index (χ3n) is 8.47. The summed E-state index contributed by atoms with van der Waals surface area (Å²) in [5.74, 6) is 0.160. The average Bonchev–Trinajstić information content (AvgIpc) is 3.53. The van der Waals surface area contributed by atoms with E-state index < -0.39 is 11.7 Å². The first-order valence-corrected chi connectivity index (χ1v) is 17.4. The first-order chi connectivity index (χ1) is 23.7. The lowest BCUT2D eigenvalue weighted by Gasteiger charge is -2.29. The molecule has 1 unspecified atom stereocenters. The van der Waals surface area contributed by atoms with Crippen LogP contribution in [0.2, 0.25) is 10.0 Å². The smallest absolute Gasteiger partial charge is 0.407 e. The van der Waals surface area contributed by atoms with Gasteiger partial charge < -0.3 is 25.2 Å². The zero-order valence-electron chi connectivity index (χ0n) is 29.2. The Bertz CT molecular complexity index is 1890. The molecule has 12 heteroatoms. The van der Waals surface area contributed by atoms with Crippen LogP contribution in [0.3, 0.4) is 0 Å². The summed E-state index contributed by atoms with van der Waals surface area (Å²) in [5.41, 5.74) is 4.34. The largest absolute Gasteiger partial charge is 0.444 e. The summed E-state index contributed by atoms with van der Waals surface area (Å²) in [4.78, 5) is 48.8. The third kappa shape index (κ3) is 8.97. The van der Waals surface area contributed by atoms with Gasteiger partial charge in [-0.15, -0.1) is 0 Å². The first-order valence-electron chi connectivity index (χ1n) is 16.7. The Morgan fingerprint density at radius 2 is 1.78 bits per heavy atom. The molecule has 1 atom stereocenters. The number of rotatable bonds is 9. The van der Waals surface area contributed by atoms with Gasteiger partial charge in [-0.1, -0.05) is 53.6 Å². The van der Waals surface area contributed by atoms with Crippen molar-refractivity contribution in [2.24, 2.45) is 0 Å². The zero-order chi connectivity index (χ0) is 36.2. The second kappa shape index (κ2) is 15.6. The summed E-state index contributed by atoms with van der Waals surface area (Å²) in [5, 5.41) is 7.02. The molecule has 0 aliphatic carbocycles. The Morgan fingerprint density at radius 1 is 1.06 bits per heavy atom. The van der Waals surface area contributed by atoms with Crippen molar-refractivity contribution in [3.05, 3.63) is 116 Å². The van der Waals surface area contributed by atoms with Crippen LogP contribution in [0.1, 0.15) is 62.7 Å². The van der Waals surface area contributed by atoms with Crippen LogP contribution in [0, 0.1) is 0 Å². The quantitative estimate of drug-likeness (QED) is 0.223. The van der Waals surface area contributed by atoms with Crippen molar-refractivity contribution in [3.63, 3.8) is 0 Å². The van der Waals surface area contributed by atoms with Crippen molar-refractivity contribution in [3.8, 4) is 5.69 Å². The first kappa shape index (κ1) is 36.7. The van der Waals surface area contributed by atoms with E-state index in [9.17, 15) is 14.4 Å². The molecule has 10 nitrogen and oxygen atoms in total. The van der Waals surface area contributed by atoms with Crippen LogP contribution in [0.15, 0.2) is 83.2 Å². The molecule has 5 rings (SSSR count). The molecule has 2 aliphatic rings. The maximum absolute atomic E-state index is 14.2. The molecule has 0 spiro atoms. The standard InChI is InChI=1S/C38H44Cl2N6O4/c1-7-25(9-8-24(2)3)21-41-36-43-33-23-45(34(47)26-10-15-31(39)32(40)20-26)19-17-30(33)35(48)46(36)29-13-11-28(12-14-29)44-18-16-27(22-44)42-37(49)50-38(4,5)6/h7-15,20,27H,2,16-19,21-23H2,1,3-6H3,(H,41,43)(H,42,49)/b9-8-,25-7+. The molecule has 264 valence electrons. The summed E-state index contributed by atoms with van der Waals surface area (Å²) >= 11 is 12.3. The molecular weight excluding hydrogens is 675 g/mol. The topological polar surface area (TPSA) is 109 Å². The van der Waals surface area contributed by atoms with Gasteiger partial charge in [0.05, 0.1) is 34.0 Å². The van der Waals surface area contributed by atoms with E-state index in [0.29, 0.717) is 64.6 Å². The third-order valence-corrected chi connectivity index (χ3v) is 9.21. The van der Waals surface area contributed by atoms with Crippen LogP contribution in [0.5, 0.6) is 0 Å². The molecule has 1 fully saturated rings. The van der Waals surface area contributed by atoms with E-state index in [1.54, 1.807) is 27.7 Å². The van der Waals surface area contributed by atoms with Crippen LogP contribution >= 0.6 is 23.2 Å². The van der Waals surface area contributed by atoms with Gasteiger partial charge in [-0.25, -0.2) is 14.3 Å². The molecule has 0 bridgehead atoms. The predicted octanol–water partition coefficient (Wildman–Crippen LogP) is 7.33. The Labute approximate surface area is 303 Å². The number of nitrogens with zero attached hydrogens (tertiary/aromatic N) is 4. The molecule has 2 N–H and O–H groups in total. The number of halogens is 2. The van der Waals surface area contributed by atoms with Crippen molar-refractivity contribution in [2.75, 3.05) is 36.4 Å². The van der Waals surface area contributed by atoms with E-state index in [0.717, 1.165) is 29.8 Å². The number of ether oxygens (including phenoxy) is 1. The highest BCUT2D eigenvalue weighted by atomic mass is 35.5. The van der Waals surface area contributed by atoms with E-state index >= 15 is 0 Å². The lowest BCUT2D eigenvalue weighted by atomic mass is 10.0. The Hall–Kier alpha value is -4.54. The number of aromatic nitrogens is 2. The summed E-state index contributed by atoms with van der Waals surface area (Å²) in [6.45, 7) is 15.7. The highest BCUT2D eigenvalue weighted by molar-refractivity contribution is 6.42. The van der Waals surface area contributed by atoms with Crippen molar-refractivity contribution in [2.45, 2.75) is 65.6 Å². The maximum Gasteiger partial charge on any atom is 0.407 e. The average molecular weight is 720 g/mol. The van der Waals surface area contributed by atoms with Crippen molar-refractivity contribution < 1.29 is 14.3 Å². The fourth-order valence-corrected chi connectivity index (χ4v) is 6.22. The van der Waals surface area contributed by atoms with Gasteiger partial charge in [0, 0.05) is 43.0 Å². The minimum Gasteiger partial charge on any atom is -0.444 e. The molecule has 1 saturated heterocycles. The van der Waals surface area contributed by atoms with Crippen LogP contribution < -0.4 is 21.1 Å². The summed E-state index contributed by atoms with van der Waals surface area (Å²) in [7, 11) is 0. The van der Waals surface area contributed by atoms with E-state index in [1.807, 2.05) is 77.1 Å². The lowest BCUT2D eigenvalue weighted by molar-refractivity contribution is 0.0508. The minimum atomic E-state index is -0.561. The molecule has 2 aromatic carbocycles. The predicted molar refractivity (Wildman–Crippen MR) is 201 cm³/mol. The molecule has 0 radical (unpaired) electrons. The SMILES string of the molecule is C=C(C)/C=C\C(=C/C)CNc1nc2c(c(=O)n1-c1ccc(N3CCC(NC(=O)OC(C)(C)C)C3)cc1)CCN(C(=O)c1ccc(Cl)c(Cl)c1)C2. The maximum atomic E-state index is 14.2. The summed E-state index contributed by atoms with van der Waals surface area (Å²) < 4.78 is 7.03. The van der Waals surface area contributed by atoms with E-state index in [4.69, 9.17) is 32.9 Å². The number of benzene rings is 2. The fourth-order valence-electron chi connectivity index (χ4n) is 5.92. The molecular formula is C38H44Cl2N6O4. The lowest BCUT2D eigenvalue weighted by Crippen LogP contribution is -2.41. The number of amides is 2. The molecule has 50 heavy (non-hydrogen) atoms. The Morgan fingerprint density at radius 3 is 2.44 bits per heavy atom. The molecule has 2 amide bonds. The zero-order valence-corrected chi connectivity index (χ0v) is 30.7. The molecule has 3 heterocycles. The number of carbonyl (C=O) groups excluding carboxylic acids is 2. The van der Waals surface area contributed by atoms with Crippen LogP contribution in [0.25, 0.3) is 5.69 Å². The van der Waals surface area contributed by atoms with Gasteiger partial charge in [0.25, 0.3) is 11.5 Å². The van der Waals surface area contributed by atoms with Gasteiger partial charge >= 0.3 is 6.09 Å². The second-order valence-corrected chi connectivity index (χ2v) is 14.4. The van der Waals surface area contributed by atoms with Crippen molar-refractivity contribution in [1.29, 1.82) is 0 Å². The van der Waals surface area contributed by atoms with Gasteiger partial charge in [0.15, 0.2) is 0 Å². The number of nitrogens with one attached hydrogen (secondary N) is 2. The van der Waals surface area contributed by atoms with Crippen LogP contribution in [-0.2, 0) is 17.7 Å². The molecule has 2 aliphatic heterocycles. The van der Waals surface area contributed by atoms with Gasteiger partial charge in [0.1, 0.15) is 5.60 Å². The number of hydrogen-bond acceptors (Lipinski definition) is 7. The Kier molecular flexibility index (Phi) is 11.4. The molecule has 1 aromatic heterocycles. The number of allylic oxidation sites excluding steroid dienone is 3. The minimum absolute atomic E-state index is 0.0318.